The molecule has 1 aromatic heterocycles. The van der Waals surface area contributed by atoms with Crippen molar-refractivity contribution in [1.82, 2.24) is 4.98 Å². The van der Waals surface area contributed by atoms with E-state index in [1.807, 2.05) is 0 Å². The first-order chi connectivity index (χ1) is 7.59. The summed E-state index contributed by atoms with van der Waals surface area (Å²) in [5.41, 5.74) is 0.267. The molecule has 5 heteroatoms. The van der Waals surface area contributed by atoms with Crippen LogP contribution in [0.3, 0.4) is 0 Å². The Labute approximate surface area is 102 Å². The molecule has 1 aromatic rings. The third kappa shape index (κ3) is 2.04. The van der Waals surface area contributed by atoms with Gasteiger partial charge >= 0.3 is 5.97 Å². The molecule has 0 radical (unpaired) electrons. The van der Waals surface area contributed by atoms with E-state index >= 15 is 0 Å². The highest BCUT2D eigenvalue weighted by Crippen LogP contribution is 2.28. The van der Waals surface area contributed by atoms with E-state index in [2.05, 4.69) is 32.7 Å². The molecule has 0 bridgehead atoms. The van der Waals surface area contributed by atoms with Gasteiger partial charge in [0.2, 0.25) is 0 Å². The second-order valence-corrected chi connectivity index (χ2v) is 4.93. The van der Waals surface area contributed by atoms with Crippen molar-refractivity contribution in [2.75, 3.05) is 11.4 Å². The molecule has 1 N–H and O–H groups in total. The Morgan fingerprint density at radius 2 is 2.44 bits per heavy atom. The molecular formula is C11H13BrN2O2. The molecule has 1 fully saturated rings. The number of pyridine rings is 1. The Balaban J connectivity index is 2.43. The third-order valence-corrected chi connectivity index (χ3v) is 3.32. The van der Waals surface area contributed by atoms with Crippen molar-refractivity contribution in [3.05, 3.63) is 22.3 Å². The van der Waals surface area contributed by atoms with E-state index < -0.39 is 5.97 Å². The second-order valence-electron chi connectivity index (χ2n) is 4.01. The summed E-state index contributed by atoms with van der Waals surface area (Å²) in [5.74, 6) is -0.344. The minimum Gasteiger partial charge on any atom is -0.478 e. The maximum atomic E-state index is 11.1. The lowest BCUT2D eigenvalue weighted by atomic mass is 10.2. The number of nitrogens with zero attached hydrogens (tertiary/aromatic N) is 2. The molecule has 1 unspecified atom stereocenters. The number of carboxylic acids is 1. The minimum absolute atomic E-state index is 0.267. The highest BCUT2D eigenvalue weighted by Gasteiger charge is 2.25. The topological polar surface area (TPSA) is 53.4 Å². The van der Waals surface area contributed by atoms with Crippen molar-refractivity contribution in [2.24, 2.45) is 0 Å². The standard InChI is InChI=1S/C11H13BrN2O2/c1-7-3-2-4-14(7)10-9(11(15)16)5-8(12)6-13-10/h5-7H,2-4H2,1H3,(H,15,16). The molecule has 0 amide bonds. The number of aromatic carboxylic acids is 1. The molecule has 2 rings (SSSR count). The molecule has 0 saturated carbocycles. The van der Waals surface area contributed by atoms with Crippen molar-refractivity contribution in [3.63, 3.8) is 0 Å². The number of hydrogen-bond acceptors (Lipinski definition) is 3. The van der Waals surface area contributed by atoms with Gasteiger partial charge in [-0.3, -0.25) is 0 Å². The fraction of sp³-hybridized carbons (Fsp3) is 0.455. The average molecular weight is 285 g/mol. The van der Waals surface area contributed by atoms with Crippen LogP contribution in [0.2, 0.25) is 0 Å². The van der Waals surface area contributed by atoms with Crippen molar-refractivity contribution in [1.29, 1.82) is 0 Å². The van der Waals surface area contributed by atoms with E-state index in [0.29, 0.717) is 16.3 Å². The summed E-state index contributed by atoms with van der Waals surface area (Å²) in [7, 11) is 0. The predicted octanol–water partition coefficient (Wildman–Crippen LogP) is 2.53. The van der Waals surface area contributed by atoms with E-state index in [-0.39, 0.29) is 5.56 Å². The van der Waals surface area contributed by atoms with Gasteiger partial charge < -0.3 is 10.0 Å². The van der Waals surface area contributed by atoms with E-state index in [1.54, 1.807) is 12.3 Å². The molecule has 4 nitrogen and oxygen atoms in total. The number of aromatic nitrogens is 1. The smallest absolute Gasteiger partial charge is 0.339 e. The van der Waals surface area contributed by atoms with Gasteiger partial charge in [0, 0.05) is 23.3 Å². The molecule has 1 aliphatic rings. The highest BCUT2D eigenvalue weighted by atomic mass is 79.9. The lowest BCUT2D eigenvalue weighted by Gasteiger charge is -2.23. The average Bonchev–Trinajstić information content (AvgIpc) is 2.64. The van der Waals surface area contributed by atoms with Crippen LogP contribution in [-0.4, -0.2) is 28.6 Å². The summed E-state index contributed by atoms with van der Waals surface area (Å²) < 4.78 is 0.695. The zero-order valence-electron chi connectivity index (χ0n) is 8.98. The summed E-state index contributed by atoms with van der Waals surface area (Å²) in [6.45, 7) is 2.98. The first kappa shape index (κ1) is 11.4. The van der Waals surface area contributed by atoms with Crippen LogP contribution in [0.15, 0.2) is 16.7 Å². The first-order valence-electron chi connectivity index (χ1n) is 5.25. The maximum absolute atomic E-state index is 11.1. The molecule has 1 atom stereocenters. The summed E-state index contributed by atoms with van der Waals surface area (Å²) in [4.78, 5) is 17.4. The molecule has 86 valence electrons. The number of anilines is 1. The Morgan fingerprint density at radius 3 is 3.00 bits per heavy atom. The van der Waals surface area contributed by atoms with Crippen LogP contribution in [0, 0.1) is 0 Å². The van der Waals surface area contributed by atoms with Crippen LogP contribution in [0.1, 0.15) is 30.1 Å². The number of rotatable bonds is 2. The normalized spacial score (nSPS) is 20.1. The molecule has 0 aliphatic carbocycles. The van der Waals surface area contributed by atoms with Gasteiger partial charge in [0.05, 0.1) is 0 Å². The Kier molecular flexibility index (Phi) is 3.14. The monoisotopic (exact) mass is 284 g/mol. The lowest BCUT2D eigenvalue weighted by Crippen LogP contribution is -2.29. The van der Waals surface area contributed by atoms with Crippen LogP contribution in [-0.2, 0) is 0 Å². The Bertz CT molecular complexity index is 422. The summed E-state index contributed by atoms with van der Waals surface area (Å²) in [5, 5.41) is 9.15. The van der Waals surface area contributed by atoms with E-state index in [9.17, 15) is 4.79 Å². The molecule has 1 aliphatic heterocycles. The summed E-state index contributed by atoms with van der Waals surface area (Å²) in [6, 6.07) is 1.97. The Morgan fingerprint density at radius 1 is 1.69 bits per heavy atom. The predicted molar refractivity (Wildman–Crippen MR) is 64.9 cm³/mol. The maximum Gasteiger partial charge on any atom is 0.339 e. The molecule has 0 aromatic carbocycles. The van der Waals surface area contributed by atoms with E-state index in [4.69, 9.17) is 5.11 Å². The van der Waals surface area contributed by atoms with Crippen molar-refractivity contribution < 1.29 is 9.90 Å². The van der Waals surface area contributed by atoms with Crippen molar-refractivity contribution >= 4 is 27.7 Å². The highest BCUT2D eigenvalue weighted by molar-refractivity contribution is 9.10. The molecule has 0 spiro atoms. The van der Waals surface area contributed by atoms with Gasteiger partial charge in [-0.05, 0) is 41.8 Å². The quantitative estimate of drug-likeness (QED) is 0.907. The second kappa shape index (κ2) is 4.41. The third-order valence-electron chi connectivity index (χ3n) is 2.89. The largest absolute Gasteiger partial charge is 0.478 e. The van der Waals surface area contributed by atoms with E-state index in [0.717, 1.165) is 19.4 Å². The zero-order chi connectivity index (χ0) is 11.7. The van der Waals surface area contributed by atoms with Gasteiger partial charge in [0.25, 0.3) is 0 Å². The van der Waals surface area contributed by atoms with Gasteiger partial charge in [-0.1, -0.05) is 0 Å². The van der Waals surface area contributed by atoms with Crippen LogP contribution in [0.5, 0.6) is 0 Å². The number of halogens is 1. The van der Waals surface area contributed by atoms with Gasteiger partial charge in [-0.25, -0.2) is 9.78 Å². The number of hydrogen-bond donors (Lipinski definition) is 1. The summed E-state index contributed by atoms with van der Waals surface area (Å²) >= 11 is 3.24. The lowest BCUT2D eigenvalue weighted by molar-refractivity contribution is 0.0697. The molecular weight excluding hydrogens is 272 g/mol. The first-order valence-corrected chi connectivity index (χ1v) is 6.04. The summed E-state index contributed by atoms with van der Waals surface area (Å²) in [6.07, 6.45) is 3.83. The molecule has 16 heavy (non-hydrogen) atoms. The fourth-order valence-electron chi connectivity index (χ4n) is 2.07. The van der Waals surface area contributed by atoms with Gasteiger partial charge in [-0.15, -0.1) is 0 Å². The molecule has 2 heterocycles. The van der Waals surface area contributed by atoms with Crippen molar-refractivity contribution in [3.8, 4) is 0 Å². The minimum atomic E-state index is -0.928. The number of carbonyl (C=O) groups is 1. The molecule has 1 saturated heterocycles. The van der Waals surface area contributed by atoms with Crippen LogP contribution < -0.4 is 4.90 Å². The zero-order valence-corrected chi connectivity index (χ0v) is 10.6. The Hall–Kier alpha value is -1.10. The van der Waals surface area contributed by atoms with Crippen LogP contribution in [0.25, 0.3) is 0 Å². The SMILES string of the molecule is CC1CCCN1c1ncc(Br)cc1C(=O)O. The van der Waals surface area contributed by atoms with Crippen LogP contribution >= 0.6 is 15.9 Å². The van der Waals surface area contributed by atoms with Gasteiger partial charge in [0.15, 0.2) is 0 Å². The van der Waals surface area contributed by atoms with Crippen molar-refractivity contribution in [2.45, 2.75) is 25.8 Å². The van der Waals surface area contributed by atoms with Gasteiger partial charge in [0.1, 0.15) is 11.4 Å². The fourth-order valence-corrected chi connectivity index (χ4v) is 2.40. The van der Waals surface area contributed by atoms with Crippen LogP contribution in [0.4, 0.5) is 5.82 Å². The van der Waals surface area contributed by atoms with Gasteiger partial charge in [-0.2, -0.15) is 0 Å². The van der Waals surface area contributed by atoms with E-state index in [1.165, 1.54) is 0 Å². The number of carboxylic acid groups (broad SMARTS) is 1.